The first kappa shape index (κ1) is 17.8. The van der Waals surface area contributed by atoms with Gasteiger partial charge in [0, 0.05) is 31.7 Å². The summed E-state index contributed by atoms with van der Waals surface area (Å²) >= 11 is 0. The fourth-order valence-corrected chi connectivity index (χ4v) is 3.13. The molecule has 0 aliphatic carbocycles. The van der Waals surface area contributed by atoms with Gasteiger partial charge in [0.05, 0.1) is 7.11 Å². The van der Waals surface area contributed by atoms with Crippen LogP contribution in [-0.4, -0.2) is 59.7 Å². The maximum absolute atomic E-state index is 11.8. The average molecular weight is 320 g/mol. The van der Waals surface area contributed by atoms with E-state index < -0.39 is 12.0 Å². The minimum Gasteiger partial charge on any atom is -0.497 e. The van der Waals surface area contributed by atoms with Crippen molar-refractivity contribution in [2.45, 2.75) is 38.8 Å². The number of carboxylic acids is 1. The second-order valence-electron chi connectivity index (χ2n) is 6.71. The highest BCUT2D eigenvalue weighted by atomic mass is 16.5. The quantitative estimate of drug-likeness (QED) is 0.873. The Morgan fingerprint density at radius 2 is 1.96 bits per heavy atom. The molecule has 1 aromatic rings. The van der Waals surface area contributed by atoms with Crippen LogP contribution in [0.25, 0.3) is 0 Å². The highest BCUT2D eigenvalue weighted by Gasteiger charge is 2.34. The molecule has 5 nitrogen and oxygen atoms in total. The minimum atomic E-state index is -0.804. The lowest BCUT2D eigenvalue weighted by atomic mass is 9.97. The van der Waals surface area contributed by atoms with Crippen molar-refractivity contribution in [2.24, 2.45) is 0 Å². The van der Waals surface area contributed by atoms with Crippen LogP contribution in [0.4, 0.5) is 0 Å². The summed E-state index contributed by atoms with van der Waals surface area (Å²) in [5, 5.41) is 9.72. The van der Waals surface area contributed by atoms with Crippen LogP contribution in [0.15, 0.2) is 24.3 Å². The number of carboxylic acid groups (broad SMARTS) is 1. The molecule has 1 aliphatic heterocycles. The van der Waals surface area contributed by atoms with Crippen LogP contribution >= 0.6 is 0 Å². The maximum atomic E-state index is 11.8. The maximum Gasteiger partial charge on any atom is 0.325 e. The zero-order valence-corrected chi connectivity index (χ0v) is 14.6. The molecular weight excluding hydrogens is 292 g/mol. The normalized spacial score (nSPS) is 18.6. The number of rotatable bonds is 6. The van der Waals surface area contributed by atoms with Crippen LogP contribution in [0.2, 0.25) is 0 Å². The first-order chi connectivity index (χ1) is 10.9. The molecule has 1 fully saturated rings. The zero-order valence-electron chi connectivity index (χ0n) is 14.6. The van der Waals surface area contributed by atoms with Crippen molar-refractivity contribution in [1.29, 1.82) is 0 Å². The Morgan fingerprint density at radius 3 is 2.48 bits per heavy atom. The summed E-state index contributed by atoms with van der Waals surface area (Å²) in [5.41, 5.74) is 0.945. The number of methoxy groups -OCH3 is 1. The Bertz CT molecular complexity index is 537. The predicted molar refractivity (Wildman–Crippen MR) is 90.9 cm³/mol. The van der Waals surface area contributed by atoms with E-state index >= 15 is 0 Å². The minimum absolute atomic E-state index is 0.167. The van der Waals surface area contributed by atoms with Crippen molar-refractivity contribution in [2.75, 3.05) is 33.3 Å². The number of hydrogen-bond donors (Lipinski definition) is 1. The van der Waals surface area contributed by atoms with Crippen molar-refractivity contribution >= 4 is 5.97 Å². The molecule has 1 N–H and O–H groups in total. The largest absolute Gasteiger partial charge is 0.497 e. The topological polar surface area (TPSA) is 53.0 Å². The third-order valence-corrected chi connectivity index (χ3v) is 5.04. The van der Waals surface area contributed by atoms with E-state index in [-0.39, 0.29) is 5.54 Å². The Labute approximate surface area is 138 Å². The summed E-state index contributed by atoms with van der Waals surface area (Å²) in [6.07, 6.45) is 1.09. The van der Waals surface area contributed by atoms with Gasteiger partial charge in [-0.25, -0.2) is 0 Å². The monoisotopic (exact) mass is 320 g/mol. The van der Waals surface area contributed by atoms with Gasteiger partial charge < -0.3 is 9.84 Å². The van der Waals surface area contributed by atoms with E-state index in [2.05, 4.69) is 30.6 Å². The van der Waals surface area contributed by atoms with E-state index in [4.69, 9.17) is 4.74 Å². The molecule has 1 heterocycles. The van der Waals surface area contributed by atoms with Crippen LogP contribution in [0.3, 0.4) is 0 Å². The smallest absolute Gasteiger partial charge is 0.325 e. The first-order valence-corrected chi connectivity index (χ1v) is 8.25. The molecule has 0 saturated carbocycles. The van der Waals surface area contributed by atoms with Crippen molar-refractivity contribution < 1.29 is 14.6 Å². The van der Waals surface area contributed by atoms with Crippen LogP contribution < -0.4 is 4.74 Å². The van der Waals surface area contributed by atoms with Gasteiger partial charge in [-0.05, 0) is 38.0 Å². The van der Waals surface area contributed by atoms with Crippen molar-refractivity contribution in [3.63, 3.8) is 0 Å². The Hall–Kier alpha value is -1.59. The molecule has 0 aromatic heterocycles. The molecule has 5 heteroatoms. The molecule has 0 amide bonds. The molecule has 23 heavy (non-hydrogen) atoms. The average Bonchev–Trinajstić information content (AvgIpc) is 2.55. The Kier molecular flexibility index (Phi) is 5.65. The van der Waals surface area contributed by atoms with Gasteiger partial charge in [0.15, 0.2) is 0 Å². The van der Waals surface area contributed by atoms with Gasteiger partial charge in [-0.2, -0.15) is 0 Å². The van der Waals surface area contributed by atoms with E-state index in [1.54, 1.807) is 7.11 Å². The summed E-state index contributed by atoms with van der Waals surface area (Å²) in [7, 11) is 1.60. The fourth-order valence-electron chi connectivity index (χ4n) is 3.13. The molecule has 0 bridgehead atoms. The van der Waals surface area contributed by atoms with E-state index in [1.807, 2.05) is 24.3 Å². The van der Waals surface area contributed by atoms with Crippen LogP contribution in [0.5, 0.6) is 5.75 Å². The Morgan fingerprint density at radius 1 is 1.30 bits per heavy atom. The zero-order chi connectivity index (χ0) is 17.0. The molecular formula is C18H28N2O3. The summed E-state index contributed by atoms with van der Waals surface area (Å²) in [4.78, 5) is 16.3. The fraction of sp³-hybridized carbons (Fsp3) is 0.611. The second kappa shape index (κ2) is 7.32. The summed E-state index contributed by atoms with van der Waals surface area (Å²) in [6, 6.07) is 6.76. The lowest BCUT2D eigenvalue weighted by Crippen LogP contribution is -2.55. The van der Waals surface area contributed by atoms with Crippen molar-refractivity contribution in [1.82, 2.24) is 9.80 Å². The number of carbonyl (C=O) groups is 1. The van der Waals surface area contributed by atoms with Gasteiger partial charge in [0.1, 0.15) is 11.8 Å². The number of nitrogens with zero attached hydrogens (tertiary/aromatic N) is 2. The number of hydrogen-bond acceptors (Lipinski definition) is 4. The standard InChI is InChI=1S/C18H28N2O3/c1-5-18(2,3)20-11-9-19(10-12-20)16(17(21)22)14-7-6-8-15(13-14)23-4/h6-8,13,16H,5,9-12H2,1-4H3,(H,21,22). The van der Waals surface area contributed by atoms with Crippen LogP contribution in [-0.2, 0) is 4.79 Å². The molecule has 1 aromatic carbocycles. The van der Waals surface area contributed by atoms with Gasteiger partial charge in [-0.1, -0.05) is 19.1 Å². The summed E-state index contributed by atoms with van der Waals surface area (Å²) in [6.45, 7) is 10.0. The highest BCUT2D eigenvalue weighted by molar-refractivity contribution is 5.75. The van der Waals surface area contributed by atoms with Gasteiger partial charge >= 0.3 is 5.97 Å². The van der Waals surface area contributed by atoms with Crippen LogP contribution in [0.1, 0.15) is 38.8 Å². The van der Waals surface area contributed by atoms with Crippen LogP contribution in [0, 0.1) is 0 Å². The molecule has 1 aliphatic rings. The van der Waals surface area contributed by atoms with Crippen molar-refractivity contribution in [3.8, 4) is 5.75 Å². The summed E-state index contributed by atoms with van der Waals surface area (Å²) < 4.78 is 5.23. The number of aliphatic carboxylic acids is 1. The molecule has 0 radical (unpaired) electrons. The molecule has 1 atom stereocenters. The molecule has 0 spiro atoms. The third-order valence-electron chi connectivity index (χ3n) is 5.04. The van der Waals surface area contributed by atoms with E-state index in [9.17, 15) is 9.90 Å². The van der Waals surface area contributed by atoms with Gasteiger partial charge in [0.2, 0.25) is 0 Å². The van der Waals surface area contributed by atoms with Crippen molar-refractivity contribution in [3.05, 3.63) is 29.8 Å². The predicted octanol–water partition coefficient (Wildman–Crippen LogP) is 2.63. The summed E-state index contributed by atoms with van der Waals surface area (Å²) in [5.74, 6) is -0.110. The number of piperazine rings is 1. The van der Waals surface area contributed by atoms with E-state index in [0.717, 1.165) is 38.2 Å². The van der Waals surface area contributed by atoms with E-state index in [1.165, 1.54) is 0 Å². The van der Waals surface area contributed by atoms with Gasteiger partial charge in [-0.3, -0.25) is 14.6 Å². The number of benzene rings is 1. The molecule has 1 unspecified atom stereocenters. The molecule has 128 valence electrons. The second-order valence-corrected chi connectivity index (χ2v) is 6.71. The van der Waals surface area contributed by atoms with Gasteiger partial charge in [0.25, 0.3) is 0 Å². The SMILES string of the molecule is CCC(C)(C)N1CCN(C(C(=O)O)c2cccc(OC)c2)CC1. The third kappa shape index (κ3) is 4.03. The highest BCUT2D eigenvalue weighted by Crippen LogP contribution is 2.28. The molecule has 2 rings (SSSR count). The molecule has 1 saturated heterocycles. The van der Waals surface area contributed by atoms with Gasteiger partial charge in [-0.15, -0.1) is 0 Å². The first-order valence-electron chi connectivity index (χ1n) is 8.25. The lowest BCUT2D eigenvalue weighted by molar-refractivity contribution is -0.144. The number of ether oxygens (including phenoxy) is 1. The Balaban J connectivity index is 2.13. The van der Waals surface area contributed by atoms with E-state index in [0.29, 0.717) is 5.75 Å². The lowest BCUT2D eigenvalue weighted by Gasteiger charge is -2.45.